The van der Waals surface area contributed by atoms with Crippen molar-refractivity contribution in [3.63, 3.8) is 0 Å². The molecule has 0 saturated carbocycles. The third-order valence-corrected chi connectivity index (χ3v) is 7.20. The van der Waals surface area contributed by atoms with Crippen LogP contribution in [0.1, 0.15) is 11.1 Å². The zero-order valence-corrected chi connectivity index (χ0v) is 18.5. The summed E-state index contributed by atoms with van der Waals surface area (Å²) in [5, 5.41) is 8.98. The van der Waals surface area contributed by atoms with Gasteiger partial charge in [0, 0.05) is 17.7 Å². The number of aromatic nitrogens is 1. The van der Waals surface area contributed by atoms with Gasteiger partial charge in [-0.15, -0.1) is 0 Å². The van der Waals surface area contributed by atoms with Gasteiger partial charge in [-0.3, -0.25) is 0 Å². The van der Waals surface area contributed by atoms with E-state index in [2.05, 4.69) is 4.98 Å². The molecule has 12 heteroatoms. The molecule has 3 rings (SSSR count). The zero-order chi connectivity index (χ0) is 22.8. The van der Waals surface area contributed by atoms with Crippen molar-refractivity contribution < 1.29 is 26.7 Å². The number of benzene rings is 2. The van der Waals surface area contributed by atoms with Gasteiger partial charge in [0.15, 0.2) is 0 Å². The van der Waals surface area contributed by atoms with Crippen LogP contribution < -0.4 is 13.8 Å². The SMILES string of the molecule is COc1ccc(CN(c2ncc(Cl)s2)S(=O)(=O)c2cc(C#N)c(F)cc2F)c(OC)c1. The maximum Gasteiger partial charge on any atom is 0.269 e. The molecule has 7 nitrogen and oxygen atoms in total. The van der Waals surface area contributed by atoms with Crippen LogP contribution in [0.3, 0.4) is 0 Å². The summed E-state index contributed by atoms with van der Waals surface area (Å²) in [5.41, 5.74) is -0.194. The molecule has 3 aromatic rings. The molecular formula is C19H14ClF2N3O4S2. The molecule has 1 heterocycles. The minimum atomic E-state index is -4.62. The first-order chi connectivity index (χ1) is 14.7. The third-order valence-electron chi connectivity index (χ3n) is 4.20. The van der Waals surface area contributed by atoms with Crippen molar-refractivity contribution in [2.45, 2.75) is 11.4 Å². The van der Waals surface area contributed by atoms with Gasteiger partial charge in [-0.1, -0.05) is 22.9 Å². The highest BCUT2D eigenvalue weighted by atomic mass is 35.5. The van der Waals surface area contributed by atoms with Gasteiger partial charge in [0.1, 0.15) is 38.4 Å². The van der Waals surface area contributed by atoms with Crippen LogP contribution in [0, 0.1) is 23.0 Å². The average molecular weight is 486 g/mol. The molecule has 2 aromatic carbocycles. The lowest BCUT2D eigenvalue weighted by Gasteiger charge is -2.23. The Morgan fingerprint density at radius 3 is 2.52 bits per heavy atom. The van der Waals surface area contributed by atoms with Crippen molar-refractivity contribution in [2.24, 2.45) is 0 Å². The van der Waals surface area contributed by atoms with Crippen LogP contribution in [0.2, 0.25) is 4.34 Å². The van der Waals surface area contributed by atoms with Crippen LogP contribution in [-0.4, -0.2) is 27.6 Å². The Labute approximate surface area is 186 Å². The summed E-state index contributed by atoms with van der Waals surface area (Å²) in [4.78, 5) is 3.12. The molecule has 1 aromatic heterocycles. The van der Waals surface area contributed by atoms with Crippen LogP contribution in [0.5, 0.6) is 11.5 Å². The van der Waals surface area contributed by atoms with Gasteiger partial charge in [0.25, 0.3) is 10.0 Å². The highest BCUT2D eigenvalue weighted by molar-refractivity contribution is 7.93. The summed E-state index contributed by atoms with van der Waals surface area (Å²) in [6.45, 7) is -0.307. The Bertz CT molecular complexity index is 1280. The predicted octanol–water partition coefficient (Wildman–Crippen LogP) is 4.36. The Hall–Kier alpha value is -2.94. The van der Waals surface area contributed by atoms with Gasteiger partial charge < -0.3 is 9.47 Å². The smallest absolute Gasteiger partial charge is 0.269 e. The van der Waals surface area contributed by atoms with Crippen LogP contribution in [0.4, 0.5) is 13.9 Å². The normalized spacial score (nSPS) is 11.1. The van der Waals surface area contributed by atoms with E-state index >= 15 is 0 Å². The minimum absolute atomic E-state index is 0.0508. The summed E-state index contributed by atoms with van der Waals surface area (Å²) >= 11 is 6.78. The summed E-state index contributed by atoms with van der Waals surface area (Å²) < 4.78 is 66.5. The zero-order valence-electron chi connectivity index (χ0n) is 16.1. The van der Waals surface area contributed by atoms with E-state index in [9.17, 15) is 17.2 Å². The van der Waals surface area contributed by atoms with Crippen LogP contribution >= 0.6 is 22.9 Å². The molecule has 0 aliphatic carbocycles. The molecule has 0 amide bonds. The van der Waals surface area contributed by atoms with Gasteiger partial charge in [0.05, 0.1) is 32.5 Å². The molecule has 0 radical (unpaired) electrons. The van der Waals surface area contributed by atoms with Crippen molar-refractivity contribution in [2.75, 3.05) is 18.5 Å². The molecule has 162 valence electrons. The lowest BCUT2D eigenvalue weighted by molar-refractivity contribution is 0.391. The lowest BCUT2D eigenvalue weighted by atomic mass is 10.2. The van der Waals surface area contributed by atoms with Crippen LogP contribution in [0.15, 0.2) is 41.4 Å². The molecule has 0 fully saturated rings. The molecule has 0 saturated heterocycles. The van der Waals surface area contributed by atoms with Gasteiger partial charge >= 0.3 is 0 Å². The molecule has 0 N–H and O–H groups in total. The number of thiazole rings is 1. The van der Waals surface area contributed by atoms with E-state index in [1.165, 1.54) is 26.5 Å². The fourth-order valence-corrected chi connectivity index (χ4v) is 5.27. The number of hydrogen-bond acceptors (Lipinski definition) is 7. The Morgan fingerprint density at radius 2 is 1.94 bits per heavy atom. The second-order valence-electron chi connectivity index (χ2n) is 6.01. The van der Waals surface area contributed by atoms with E-state index in [1.807, 2.05) is 0 Å². The summed E-state index contributed by atoms with van der Waals surface area (Å²) in [6, 6.07) is 7.24. The highest BCUT2D eigenvalue weighted by Gasteiger charge is 2.32. The number of sulfonamides is 1. The second-order valence-corrected chi connectivity index (χ2v) is 9.48. The van der Waals surface area contributed by atoms with Gasteiger partial charge in [-0.25, -0.2) is 26.5 Å². The minimum Gasteiger partial charge on any atom is -0.497 e. The summed E-state index contributed by atoms with van der Waals surface area (Å²) in [5.74, 6) is -1.71. The fraction of sp³-hybridized carbons (Fsp3) is 0.158. The van der Waals surface area contributed by atoms with E-state index in [0.29, 0.717) is 29.2 Å². The molecule has 0 bridgehead atoms. The van der Waals surface area contributed by atoms with Gasteiger partial charge in [-0.05, 0) is 18.2 Å². The van der Waals surface area contributed by atoms with E-state index in [1.54, 1.807) is 18.2 Å². The van der Waals surface area contributed by atoms with Crippen molar-refractivity contribution in [1.82, 2.24) is 4.98 Å². The van der Waals surface area contributed by atoms with Crippen LogP contribution in [0.25, 0.3) is 0 Å². The molecule has 0 aliphatic rings. The number of nitriles is 1. The van der Waals surface area contributed by atoms with Crippen molar-refractivity contribution in [1.29, 1.82) is 5.26 Å². The van der Waals surface area contributed by atoms with Gasteiger partial charge in [0.2, 0.25) is 5.13 Å². The molecular weight excluding hydrogens is 472 g/mol. The average Bonchev–Trinajstić information content (AvgIpc) is 3.17. The molecule has 0 aliphatic heterocycles. The lowest BCUT2D eigenvalue weighted by Crippen LogP contribution is -2.31. The number of nitrogens with zero attached hydrogens (tertiary/aromatic N) is 3. The fourth-order valence-electron chi connectivity index (χ4n) is 2.68. The number of hydrogen-bond donors (Lipinski definition) is 0. The number of anilines is 1. The van der Waals surface area contributed by atoms with Crippen molar-refractivity contribution >= 4 is 38.1 Å². The third kappa shape index (κ3) is 4.56. The second kappa shape index (κ2) is 9.05. The highest BCUT2D eigenvalue weighted by Crippen LogP contribution is 2.35. The van der Waals surface area contributed by atoms with E-state index < -0.39 is 32.1 Å². The summed E-state index contributed by atoms with van der Waals surface area (Å²) in [6.07, 6.45) is 1.25. The Morgan fingerprint density at radius 1 is 1.19 bits per heavy atom. The largest absolute Gasteiger partial charge is 0.497 e. The first kappa shape index (κ1) is 22.7. The molecule has 31 heavy (non-hydrogen) atoms. The first-order valence-electron chi connectivity index (χ1n) is 8.45. The van der Waals surface area contributed by atoms with Crippen LogP contribution in [-0.2, 0) is 16.6 Å². The number of halogens is 3. The number of ether oxygens (including phenoxy) is 2. The first-order valence-corrected chi connectivity index (χ1v) is 11.1. The molecule has 0 spiro atoms. The quantitative estimate of drug-likeness (QED) is 0.493. The molecule has 0 unspecified atom stereocenters. The Balaban J connectivity index is 2.16. The van der Waals surface area contributed by atoms with Crippen molar-refractivity contribution in [3.05, 3.63) is 63.6 Å². The maximum atomic E-state index is 14.5. The number of rotatable bonds is 7. The monoisotopic (exact) mass is 485 g/mol. The predicted molar refractivity (Wildman–Crippen MR) is 111 cm³/mol. The van der Waals surface area contributed by atoms with Crippen molar-refractivity contribution in [3.8, 4) is 17.6 Å². The standard InChI is InChI=1S/C19H14ClF2N3O4S2/c1-28-13-4-3-11(16(6-13)29-2)10-25(19-24-9-18(20)30-19)31(26,27)17-5-12(8-23)14(21)7-15(17)22/h3-7,9H,10H2,1-2H3. The summed E-state index contributed by atoms with van der Waals surface area (Å²) in [7, 11) is -1.75. The van der Waals surface area contributed by atoms with E-state index in [-0.39, 0.29) is 16.0 Å². The van der Waals surface area contributed by atoms with Gasteiger partial charge in [-0.2, -0.15) is 5.26 Å². The topological polar surface area (TPSA) is 92.5 Å². The maximum absolute atomic E-state index is 14.5. The van der Waals surface area contributed by atoms with E-state index in [0.717, 1.165) is 15.6 Å². The molecule has 0 atom stereocenters. The Kier molecular flexibility index (Phi) is 6.64. The van der Waals surface area contributed by atoms with E-state index in [4.69, 9.17) is 26.3 Å². The number of methoxy groups -OCH3 is 2.